The highest BCUT2D eigenvalue weighted by molar-refractivity contribution is 9.10. The fourth-order valence-corrected chi connectivity index (χ4v) is 6.15. The van der Waals surface area contributed by atoms with E-state index in [2.05, 4.69) is 26.2 Å². The van der Waals surface area contributed by atoms with Crippen LogP contribution in [0, 0.1) is 17.8 Å². The molecule has 0 aliphatic heterocycles. The van der Waals surface area contributed by atoms with Crippen molar-refractivity contribution in [3.8, 4) is 0 Å². The van der Waals surface area contributed by atoms with E-state index >= 15 is 0 Å². The maximum atomic E-state index is 12.8. The number of H-pyrrole nitrogens is 1. The van der Waals surface area contributed by atoms with Crippen molar-refractivity contribution in [2.24, 2.45) is 17.8 Å². The van der Waals surface area contributed by atoms with E-state index in [1.807, 2.05) is 24.3 Å². The first kappa shape index (κ1) is 14.1. The second kappa shape index (κ2) is 4.85. The zero-order valence-corrected chi connectivity index (χ0v) is 14.7. The van der Waals surface area contributed by atoms with Crippen molar-refractivity contribution in [2.75, 3.05) is 0 Å². The van der Waals surface area contributed by atoms with E-state index in [9.17, 15) is 4.79 Å². The molecule has 4 heteroatoms. The van der Waals surface area contributed by atoms with Gasteiger partial charge in [-0.05, 0) is 74.5 Å². The van der Waals surface area contributed by atoms with Gasteiger partial charge in [-0.25, -0.2) is 0 Å². The average molecular weight is 373 g/mol. The summed E-state index contributed by atoms with van der Waals surface area (Å²) < 4.78 is 1.03. The fraction of sp³-hybridized carbons (Fsp3) is 0.526. The number of nitrogens with one attached hydrogen (secondary N) is 2. The monoisotopic (exact) mass is 372 g/mol. The summed E-state index contributed by atoms with van der Waals surface area (Å²) in [5.74, 6) is 2.61. The highest BCUT2D eigenvalue weighted by Gasteiger charge is 2.51. The summed E-state index contributed by atoms with van der Waals surface area (Å²) in [7, 11) is 0. The van der Waals surface area contributed by atoms with Gasteiger partial charge in [-0.15, -0.1) is 0 Å². The molecule has 4 aliphatic rings. The third kappa shape index (κ3) is 2.34. The van der Waals surface area contributed by atoms with Crippen LogP contribution in [-0.2, 0) is 0 Å². The standard InChI is InChI=1S/C19H21BrN2O/c20-15-2-1-14-6-17(21-16(14)7-15)18(23)22-19-8-11-3-12(9-19)5-13(4-11)10-19/h1-2,6-7,11-13,21H,3-5,8-10H2,(H,22,23). The molecule has 2 N–H and O–H groups in total. The maximum Gasteiger partial charge on any atom is 0.268 e. The normalized spacial score (nSPS) is 34.9. The topological polar surface area (TPSA) is 44.9 Å². The first-order chi connectivity index (χ1) is 11.1. The smallest absolute Gasteiger partial charge is 0.268 e. The highest BCUT2D eigenvalue weighted by Crippen LogP contribution is 2.55. The van der Waals surface area contributed by atoms with Crippen LogP contribution in [0.4, 0.5) is 0 Å². The van der Waals surface area contributed by atoms with E-state index in [0.29, 0.717) is 5.69 Å². The number of hydrogen-bond acceptors (Lipinski definition) is 1. The van der Waals surface area contributed by atoms with Crippen molar-refractivity contribution in [1.29, 1.82) is 0 Å². The molecule has 4 saturated carbocycles. The summed E-state index contributed by atoms with van der Waals surface area (Å²) in [4.78, 5) is 16.1. The van der Waals surface area contributed by atoms with Gasteiger partial charge in [0.2, 0.25) is 0 Å². The molecule has 1 amide bonds. The van der Waals surface area contributed by atoms with Crippen LogP contribution >= 0.6 is 15.9 Å². The Morgan fingerprint density at radius 2 is 1.74 bits per heavy atom. The minimum absolute atomic E-state index is 0.0688. The van der Waals surface area contributed by atoms with E-state index in [1.165, 1.54) is 38.5 Å². The predicted octanol–water partition coefficient (Wildman–Crippen LogP) is 4.63. The lowest BCUT2D eigenvalue weighted by atomic mass is 9.53. The van der Waals surface area contributed by atoms with Gasteiger partial charge in [-0.1, -0.05) is 22.0 Å². The molecule has 0 radical (unpaired) electrons. The number of benzene rings is 1. The largest absolute Gasteiger partial charge is 0.350 e. The zero-order valence-electron chi connectivity index (χ0n) is 13.1. The molecule has 0 unspecified atom stereocenters. The van der Waals surface area contributed by atoms with Gasteiger partial charge < -0.3 is 10.3 Å². The van der Waals surface area contributed by atoms with Crippen LogP contribution in [0.3, 0.4) is 0 Å². The molecular formula is C19H21BrN2O. The number of rotatable bonds is 2. The average Bonchev–Trinajstić information content (AvgIpc) is 2.88. The van der Waals surface area contributed by atoms with Gasteiger partial charge in [0.1, 0.15) is 5.69 Å². The minimum atomic E-state index is 0.0688. The van der Waals surface area contributed by atoms with E-state index in [-0.39, 0.29) is 11.4 Å². The Balaban J connectivity index is 1.42. The summed E-state index contributed by atoms with van der Waals surface area (Å²) in [6, 6.07) is 8.04. The van der Waals surface area contributed by atoms with Crippen molar-refractivity contribution in [1.82, 2.24) is 10.3 Å². The SMILES string of the molecule is O=C(NC12CC3CC(CC(C3)C1)C2)c1cc2ccc(Br)cc2[nH]1. The van der Waals surface area contributed by atoms with Crippen molar-refractivity contribution >= 4 is 32.7 Å². The Bertz CT molecular complexity index is 758. The first-order valence-corrected chi connectivity index (χ1v) is 9.49. The summed E-state index contributed by atoms with van der Waals surface area (Å²) in [6.07, 6.45) is 7.77. The lowest BCUT2D eigenvalue weighted by Crippen LogP contribution is -2.59. The molecule has 120 valence electrons. The Labute approximate surface area is 144 Å². The van der Waals surface area contributed by atoms with Crippen molar-refractivity contribution in [2.45, 2.75) is 44.1 Å². The van der Waals surface area contributed by atoms with E-state index < -0.39 is 0 Å². The molecule has 2 aromatic rings. The van der Waals surface area contributed by atoms with E-state index in [4.69, 9.17) is 0 Å². The Kier molecular flexibility index (Phi) is 2.97. The van der Waals surface area contributed by atoms with Crippen LogP contribution in [0.15, 0.2) is 28.7 Å². The molecule has 1 aromatic heterocycles. The summed E-state index contributed by atoms with van der Waals surface area (Å²) in [6.45, 7) is 0. The summed E-state index contributed by atoms with van der Waals surface area (Å²) in [5.41, 5.74) is 1.77. The van der Waals surface area contributed by atoms with Crippen molar-refractivity contribution < 1.29 is 4.79 Å². The maximum absolute atomic E-state index is 12.8. The number of carbonyl (C=O) groups is 1. The van der Waals surface area contributed by atoms with Gasteiger partial charge in [0.25, 0.3) is 5.91 Å². The van der Waals surface area contributed by atoms with E-state index in [1.54, 1.807) is 0 Å². The van der Waals surface area contributed by atoms with Crippen LogP contribution < -0.4 is 5.32 Å². The lowest BCUT2D eigenvalue weighted by Gasteiger charge is -2.56. The second-order valence-corrected chi connectivity index (χ2v) is 8.98. The number of fused-ring (bicyclic) bond motifs is 1. The lowest BCUT2D eigenvalue weighted by molar-refractivity contribution is -0.0167. The third-order valence-electron chi connectivity index (χ3n) is 6.25. The fourth-order valence-electron chi connectivity index (χ4n) is 5.79. The molecule has 6 rings (SSSR count). The molecule has 3 nitrogen and oxygen atoms in total. The van der Waals surface area contributed by atoms with Crippen molar-refractivity contribution in [3.05, 3.63) is 34.4 Å². The van der Waals surface area contributed by atoms with Crippen LogP contribution in [0.5, 0.6) is 0 Å². The Morgan fingerprint density at radius 3 is 2.39 bits per heavy atom. The van der Waals surface area contributed by atoms with Crippen LogP contribution in [-0.4, -0.2) is 16.4 Å². The first-order valence-electron chi connectivity index (χ1n) is 8.69. The molecule has 0 saturated heterocycles. The second-order valence-electron chi connectivity index (χ2n) is 8.07. The van der Waals surface area contributed by atoms with Gasteiger partial charge >= 0.3 is 0 Å². The Morgan fingerprint density at radius 1 is 1.09 bits per heavy atom. The molecule has 0 spiro atoms. The highest BCUT2D eigenvalue weighted by atomic mass is 79.9. The van der Waals surface area contributed by atoms with Gasteiger partial charge in [-0.2, -0.15) is 0 Å². The number of hydrogen-bond donors (Lipinski definition) is 2. The van der Waals surface area contributed by atoms with Gasteiger partial charge in [0.15, 0.2) is 0 Å². The van der Waals surface area contributed by atoms with Gasteiger partial charge in [0.05, 0.1) is 0 Å². The predicted molar refractivity (Wildman–Crippen MR) is 94.4 cm³/mol. The minimum Gasteiger partial charge on any atom is -0.350 e. The van der Waals surface area contributed by atoms with E-state index in [0.717, 1.165) is 33.1 Å². The van der Waals surface area contributed by atoms with Crippen LogP contribution in [0.1, 0.15) is 49.0 Å². The number of carbonyl (C=O) groups excluding carboxylic acids is 1. The zero-order chi connectivity index (χ0) is 15.6. The number of halogens is 1. The molecule has 4 aliphatic carbocycles. The molecule has 4 bridgehead atoms. The van der Waals surface area contributed by atoms with Crippen LogP contribution in [0.2, 0.25) is 0 Å². The van der Waals surface area contributed by atoms with Crippen molar-refractivity contribution in [3.63, 3.8) is 0 Å². The molecule has 1 aromatic carbocycles. The number of aromatic amines is 1. The van der Waals surface area contributed by atoms with Crippen LogP contribution in [0.25, 0.3) is 10.9 Å². The summed E-state index contributed by atoms with van der Waals surface area (Å²) in [5, 5.41) is 4.52. The molecular weight excluding hydrogens is 352 g/mol. The molecule has 23 heavy (non-hydrogen) atoms. The molecule has 1 heterocycles. The van der Waals surface area contributed by atoms with Gasteiger partial charge in [-0.3, -0.25) is 4.79 Å². The Hall–Kier alpha value is -1.29. The van der Waals surface area contributed by atoms with Gasteiger partial charge in [0, 0.05) is 20.9 Å². The number of aromatic nitrogens is 1. The third-order valence-corrected chi connectivity index (χ3v) is 6.74. The quantitative estimate of drug-likeness (QED) is 0.792. The summed E-state index contributed by atoms with van der Waals surface area (Å²) >= 11 is 3.48. The number of amides is 1. The molecule has 4 fully saturated rings. The molecule has 0 atom stereocenters.